The van der Waals surface area contributed by atoms with Gasteiger partial charge in [-0.1, -0.05) is 61.4 Å². The minimum Gasteiger partial charge on any atom is -0.493 e. The molecule has 0 aliphatic heterocycles. The summed E-state index contributed by atoms with van der Waals surface area (Å²) in [5.41, 5.74) is 8.10. The summed E-state index contributed by atoms with van der Waals surface area (Å²) in [5, 5.41) is 0. The van der Waals surface area contributed by atoms with Gasteiger partial charge in [-0.25, -0.2) is 0 Å². The van der Waals surface area contributed by atoms with Crippen LogP contribution in [0.5, 0.6) is 5.75 Å². The van der Waals surface area contributed by atoms with Crippen LogP contribution < -0.4 is 10.5 Å². The monoisotopic (exact) mass is 355 g/mol. The third-order valence-corrected chi connectivity index (χ3v) is 4.18. The van der Waals surface area contributed by atoms with Crippen LogP contribution in [0.15, 0.2) is 16.6 Å². The lowest BCUT2D eigenvalue weighted by Gasteiger charge is -2.14. The first-order chi connectivity index (χ1) is 10.2. The molecule has 3 heteroatoms. The Morgan fingerprint density at radius 3 is 2.38 bits per heavy atom. The Hall–Kier alpha value is -0.540. The van der Waals surface area contributed by atoms with Crippen LogP contribution in [0.2, 0.25) is 0 Å². The SMILES string of the molecule is CCCCCCCCCOc1c(C)cc(Br)cc1CCN. The summed E-state index contributed by atoms with van der Waals surface area (Å²) in [6.45, 7) is 5.83. The van der Waals surface area contributed by atoms with Crippen molar-refractivity contribution in [1.82, 2.24) is 0 Å². The third-order valence-electron chi connectivity index (χ3n) is 3.72. The van der Waals surface area contributed by atoms with Gasteiger partial charge in [-0.15, -0.1) is 0 Å². The topological polar surface area (TPSA) is 35.2 Å². The molecule has 0 aliphatic carbocycles. The quantitative estimate of drug-likeness (QED) is 0.540. The fraction of sp³-hybridized carbons (Fsp3) is 0.667. The third kappa shape index (κ3) is 7.32. The van der Waals surface area contributed by atoms with E-state index in [9.17, 15) is 0 Å². The van der Waals surface area contributed by atoms with Gasteiger partial charge < -0.3 is 10.5 Å². The number of aryl methyl sites for hydroxylation is 1. The molecule has 0 saturated carbocycles. The molecule has 2 nitrogen and oxygen atoms in total. The minimum absolute atomic E-state index is 0.656. The Bertz CT molecular complexity index is 406. The second kappa shape index (κ2) is 11.1. The van der Waals surface area contributed by atoms with Crippen LogP contribution in [-0.2, 0) is 6.42 Å². The molecule has 1 aromatic carbocycles. The maximum Gasteiger partial charge on any atom is 0.125 e. The van der Waals surface area contributed by atoms with Crippen LogP contribution in [0.1, 0.15) is 63.0 Å². The Morgan fingerprint density at radius 1 is 1.05 bits per heavy atom. The molecule has 1 rings (SSSR count). The van der Waals surface area contributed by atoms with Gasteiger partial charge in [0.2, 0.25) is 0 Å². The molecule has 0 fully saturated rings. The number of rotatable bonds is 11. The maximum atomic E-state index is 6.03. The lowest BCUT2D eigenvalue weighted by molar-refractivity contribution is 0.299. The van der Waals surface area contributed by atoms with Crippen molar-refractivity contribution >= 4 is 15.9 Å². The second-order valence-electron chi connectivity index (χ2n) is 5.72. The summed E-state index contributed by atoms with van der Waals surface area (Å²) in [4.78, 5) is 0. The van der Waals surface area contributed by atoms with Gasteiger partial charge in [0.1, 0.15) is 5.75 Å². The summed E-state index contributed by atoms with van der Waals surface area (Å²) in [6.07, 6.45) is 10.0. The predicted molar refractivity (Wildman–Crippen MR) is 95.1 cm³/mol. The summed E-state index contributed by atoms with van der Waals surface area (Å²) in [7, 11) is 0. The second-order valence-corrected chi connectivity index (χ2v) is 6.64. The van der Waals surface area contributed by atoms with E-state index in [-0.39, 0.29) is 0 Å². The number of hydrogen-bond acceptors (Lipinski definition) is 2. The van der Waals surface area contributed by atoms with Gasteiger partial charge in [0, 0.05) is 4.47 Å². The fourth-order valence-electron chi connectivity index (χ4n) is 2.58. The van der Waals surface area contributed by atoms with Crippen molar-refractivity contribution in [2.45, 2.75) is 65.2 Å². The van der Waals surface area contributed by atoms with Crippen LogP contribution in [-0.4, -0.2) is 13.2 Å². The molecule has 0 atom stereocenters. The molecule has 0 amide bonds. The summed E-state index contributed by atoms with van der Waals surface area (Å²) in [6, 6.07) is 4.24. The van der Waals surface area contributed by atoms with Gasteiger partial charge in [-0.05, 0) is 49.6 Å². The van der Waals surface area contributed by atoms with Crippen LogP contribution in [0, 0.1) is 6.92 Å². The van der Waals surface area contributed by atoms with Gasteiger partial charge in [0.15, 0.2) is 0 Å². The molecule has 1 aromatic rings. The zero-order chi connectivity index (χ0) is 15.5. The standard InChI is InChI=1S/C18H30BrNO/c1-3-4-5-6-7-8-9-12-21-18-15(2)13-17(19)14-16(18)10-11-20/h13-14H,3-12,20H2,1-2H3. The highest BCUT2D eigenvalue weighted by Crippen LogP contribution is 2.28. The molecule has 0 unspecified atom stereocenters. The molecule has 0 radical (unpaired) electrons. The van der Waals surface area contributed by atoms with Crippen LogP contribution in [0.4, 0.5) is 0 Å². The van der Waals surface area contributed by atoms with E-state index >= 15 is 0 Å². The fourth-order valence-corrected chi connectivity index (χ4v) is 3.20. The number of halogens is 1. The Morgan fingerprint density at radius 2 is 1.71 bits per heavy atom. The first-order valence-electron chi connectivity index (χ1n) is 8.31. The molecular weight excluding hydrogens is 326 g/mol. The van der Waals surface area contributed by atoms with Crippen LogP contribution in [0.25, 0.3) is 0 Å². The number of unbranched alkanes of at least 4 members (excludes halogenated alkanes) is 6. The van der Waals surface area contributed by atoms with E-state index in [0.717, 1.165) is 29.7 Å². The first-order valence-corrected chi connectivity index (χ1v) is 9.10. The molecular formula is C18H30BrNO. The first kappa shape index (κ1) is 18.5. The van der Waals surface area contributed by atoms with E-state index in [1.165, 1.54) is 49.7 Å². The summed E-state index contributed by atoms with van der Waals surface area (Å²) in [5.74, 6) is 1.04. The van der Waals surface area contributed by atoms with E-state index in [2.05, 4.69) is 41.9 Å². The van der Waals surface area contributed by atoms with Crippen molar-refractivity contribution in [2.24, 2.45) is 5.73 Å². The van der Waals surface area contributed by atoms with E-state index in [1.54, 1.807) is 0 Å². The lowest BCUT2D eigenvalue weighted by atomic mass is 10.1. The molecule has 21 heavy (non-hydrogen) atoms. The summed E-state index contributed by atoms with van der Waals surface area (Å²) >= 11 is 3.54. The van der Waals surface area contributed by atoms with Gasteiger partial charge in [-0.3, -0.25) is 0 Å². The number of nitrogens with two attached hydrogens (primary N) is 1. The van der Waals surface area contributed by atoms with E-state index in [0.29, 0.717) is 6.54 Å². The lowest BCUT2D eigenvalue weighted by Crippen LogP contribution is -2.07. The molecule has 0 aliphatic rings. The molecule has 0 spiro atoms. The van der Waals surface area contributed by atoms with Gasteiger partial charge in [0.05, 0.1) is 6.61 Å². The summed E-state index contributed by atoms with van der Waals surface area (Å²) < 4.78 is 7.13. The van der Waals surface area contributed by atoms with Crippen molar-refractivity contribution in [3.05, 3.63) is 27.7 Å². The van der Waals surface area contributed by atoms with E-state index in [1.807, 2.05) is 0 Å². The molecule has 120 valence electrons. The van der Waals surface area contributed by atoms with Gasteiger partial charge in [0.25, 0.3) is 0 Å². The Balaban J connectivity index is 2.34. The van der Waals surface area contributed by atoms with Crippen molar-refractivity contribution in [2.75, 3.05) is 13.2 Å². The van der Waals surface area contributed by atoms with Crippen molar-refractivity contribution < 1.29 is 4.74 Å². The normalized spacial score (nSPS) is 10.9. The zero-order valence-corrected chi connectivity index (χ0v) is 15.2. The molecule has 2 N–H and O–H groups in total. The highest BCUT2D eigenvalue weighted by Gasteiger charge is 2.08. The maximum absolute atomic E-state index is 6.03. The average molecular weight is 356 g/mol. The van der Waals surface area contributed by atoms with Gasteiger partial charge >= 0.3 is 0 Å². The van der Waals surface area contributed by atoms with Crippen LogP contribution >= 0.6 is 15.9 Å². The predicted octanol–water partition coefficient (Wildman–Crippen LogP) is 5.39. The van der Waals surface area contributed by atoms with E-state index in [4.69, 9.17) is 10.5 Å². The smallest absolute Gasteiger partial charge is 0.125 e. The number of benzene rings is 1. The van der Waals surface area contributed by atoms with Crippen molar-refractivity contribution in [1.29, 1.82) is 0 Å². The molecule has 0 heterocycles. The van der Waals surface area contributed by atoms with Gasteiger partial charge in [-0.2, -0.15) is 0 Å². The Labute approximate surface area is 138 Å². The highest BCUT2D eigenvalue weighted by atomic mass is 79.9. The number of ether oxygens (including phenoxy) is 1. The van der Waals surface area contributed by atoms with Crippen molar-refractivity contribution in [3.63, 3.8) is 0 Å². The van der Waals surface area contributed by atoms with E-state index < -0.39 is 0 Å². The molecule has 0 saturated heterocycles. The van der Waals surface area contributed by atoms with Crippen LogP contribution in [0.3, 0.4) is 0 Å². The number of hydrogen-bond donors (Lipinski definition) is 1. The minimum atomic E-state index is 0.656. The van der Waals surface area contributed by atoms with Crippen molar-refractivity contribution in [3.8, 4) is 5.75 Å². The Kier molecular flexibility index (Phi) is 9.77. The highest BCUT2D eigenvalue weighted by molar-refractivity contribution is 9.10. The zero-order valence-electron chi connectivity index (χ0n) is 13.6. The largest absolute Gasteiger partial charge is 0.493 e. The molecule has 0 aromatic heterocycles. The molecule has 0 bridgehead atoms. The average Bonchev–Trinajstić information content (AvgIpc) is 2.44.